The number of pyridine rings is 1. The third-order valence-corrected chi connectivity index (χ3v) is 6.01. The Kier molecular flexibility index (Phi) is 6.31. The number of benzene rings is 2. The molecule has 1 atom stereocenters. The Labute approximate surface area is 213 Å². The van der Waals surface area contributed by atoms with Gasteiger partial charge in [-0.05, 0) is 37.4 Å². The van der Waals surface area contributed by atoms with Crippen molar-refractivity contribution in [3.63, 3.8) is 0 Å². The molecule has 5 aromatic rings. The third kappa shape index (κ3) is 4.48. The van der Waals surface area contributed by atoms with Gasteiger partial charge < -0.3 is 10.1 Å². The maximum absolute atomic E-state index is 14.2. The van der Waals surface area contributed by atoms with Gasteiger partial charge in [-0.2, -0.15) is 0 Å². The standard InChI is InChI=1S/C28H23N7O2/c1-17(33-27-23(29-3)15-30-18(2)34-27)24-13-19-9-8-12-21(22-14-32-25(37-4)16-31-22)26(19)28(36)35(24)20-10-6-5-7-11-20/h5-17H,1-2,4H3,(H,30,33,34)/t17-/m0/s1. The Bertz CT molecular complexity index is 1690. The summed E-state index contributed by atoms with van der Waals surface area (Å²) >= 11 is 0. The molecule has 0 spiro atoms. The van der Waals surface area contributed by atoms with Crippen LogP contribution < -0.4 is 15.6 Å². The van der Waals surface area contributed by atoms with Crippen LogP contribution in [0.3, 0.4) is 0 Å². The minimum Gasteiger partial charge on any atom is -0.480 e. The van der Waals surface area contributed by atoms with E-state index in [1.54, 1.807) is 17.7 Å². The zero-order chi connectivity index (χ0) is 25.9. The Hall–Kier alpha value is -5.10. The molecule has 0 aliphatic heterocycles. The SMILES string of the molecule is [C-]#[N+]c1cnc(C)nc1N[C@@H](C)c1cc2cccc(-c3cnc(OC)cn3)c2c(=O)n1-c1ccccc1. The summed E-state index contributed by atoms with van der Waals surface area (Å²) in [4.78, 5) is 35.0. The number of hydrogen-bond acceptors (Lipinski definition) is 7. The second kappa shape index (κ2) is 9.87. The first-order valence-corrected chi connectivity index (χ1v) is 11.6. The highest BCUT2D eigenvalue weighted by Crippen LogP contribution is 2.31. The van der Waals surface area contributed by atoms with Crippen molar-refractivity contribution in [2.75, 3.05) is 12.4 Å². The number of methoxy groups -OCH3 is 1. The fourth-order valence-corrected chi connectivity index (χ4v) is 4.25. The van der Waals surface area contributed by atoms with Crippen LogP contribution in [0.1, 0.15) is 24.5 Å². The van der Waals surface area contributed by atoms with Crippen LogP contribution in [0.2, 0.25) is 0 Å². The first-order valence-electron chi connectivity index (χ1n) is 11.6. The van der Waals surface area contributed by atoms with Crippen molar-refractivity contribution in [3.8, 4) is 22.8 Å². The van der Waals surface area contributed by atoms with Gasteiger partial charge in [0.25, 0.3) is 5.56 Å². The lowest BCUT2D eigenvalue weighted by molar-refractivity contribution is 0.396. The lowest BCUT2D eigenvalue weighted by atomic mass is 10.0. The van der Waals surface area contributed by atoms with Gasteiger partial charge >= 0.3 is 0 Å². The van der Waals surface area contributed by atoms with Crippen LogP contribution >= 0.6 is 0 Å². The lowest BCUT2D eigenvalue weighted by Crippen LogP contribution is -2.26. The number of nitrogens with one attached hydrogen (secondary N) is 1. The van der Waals surface area contributed by atoms with Gasteiger partial charge in [0.05, 0.1) is 43.2 Å². The van der Waals surface area contributed by atoms with Crippen LogP contribution in [0, 0.1) is 13.5 Å². The summed E-state index contributed by atoms with van der Waals surface area (Å²) in [6.45, 7) is 11.2. The molecule has 0 saturated carbocycles. The van der Waals surface area contributed by atoms with Crippen LogP contribution in [0.4, 0.5) is 11.5 Å². The smallest absolute Gasteiger partial charge is 0.263 e. The number of hydrogen-bond donors (Lipinski definition) is 1. The molecule has 0 bridgehead atoms. The number of anilines is 1. The van der Waals surface area contributed by atoms with E-state index in [1.807, 2.05) is 61.5 Å². The van der Waals surface area contributed by atoms with E-state index in [-0.39, 0.29) is 11.6 Å². The number of aryl methyl sites for hydroxylation is 1. The summed E-state index contributed by atoms with van der Waals surface area (Å²) in [5, 5.41) is 4.61. The van der Waals surface area contributed by atoms with Crippen LogP contribution in [0.15, 0.2) is 78.0 Å². The fourth-order valence-electron chi connectivity index (χ4n) is 4.25. The normalized spacial score (nSPS) is 11.6. The number of rotatable bonds is 6. The predicted molar refractivity (Wildman–Crippen MR) is 142 cm³/mol. The first kappa shape index (κ1) is 23.6. The molecule has 182 valence electrons. The average Bonchev–Trinajstić information content (AvgIpc) is 2.93. The minimum atomic E-state index is -0.364. The maximum atomic E-state index is 14.2. The molecule has 3 aromatic heterocycles. The first-order chi connectivity index (χ1) is 18.0. The molecule has 0 saturated heterocycles. The largest absolute Gasteiger partial charge is 0.480 e. The lowest BCUT2D eigenvalue weighted by Gasteiger charge is -2.22. The van der Waals surface area contributed by atoms with Crippen molar-refractivity contribution in [3.05, 3.63) is 106 Å². The highest BCUT2D eigenvalue weighted by molar-refractivity contribution is 5.95. The number of nitrogens with zero attached hydrogens (tertiary/aromatic N) is 6. The molecular formula is C28H23N7O2. The number of ether oxygens (including phenoxy) is 1. The monoisotopic (exact) mass is 489 g/mol. The van der Waals surface area contributed by atoms with Crippen molar-refractivity contribution < 1.29 is 4.74 Å². The molecule has 0 aliphatic carbocycles. The van der Waals surface area contributed by atoms with Crippen LogP contribution in [0.25, 0.3) is 32.6 Å². The predicted octanol–water partition coefficient (Wildman–Crippen LogP) is 5.28. The zero-order valence-corrected chi connectivity index (χ0v) is 20.5. The van der Waals surface area contributed by atoms with E-state index < -0.39 is 0 Å². The van der Waals surface area contributed by atoms with Gasteiger partial charge in [-0.1, -0.05) is 36.4 Å². The summed E-state index contributed by atoms with van der Waals surface area (Å²) in [6.07, 6.45) is 4.63. The third-order valence-electron chi connectivity index (χ3n) is 6.01. The Morgan fingerprint density at radius 3 is 2.54 bits per heavy atom. The van der Waals surface area contributed by atoms with Crippen molar-refractivity contribution in [2.24, 2.45) is 0 Å². The highest BCUT2D eigenvalue weighted by Gasteiger charge is 2.20. The summed E-state index contributed by atoms with van der Waals surface area (Å²) in [5.74, 6) is 1.36. The van der Waals surface area contributed by atoms with Gasteiger partial charge in [0.2, 0.25) is 11.6 Å². The van der Waals surface area contributed by atoms with E-state index in [0.717, 1.165) is 11.1 Å². The molecule has 9 heteroatoms. The van der Waals surface area contributed by atoms with E-state index in [2.05, 4.69) is 30.1 Å². The molecule has 0 amide bonds. The molecule has 0 aliphatic rings. The van der Waals surface area contributed by atoms with Gasteiger partial charge in [0.15, 0.2) is 0 Å². The van der Waals surface area contributed by atoms with Gasteiger partial charge in [-0.3, -0.25) is 14.3 Å². The topological polar surface area (TPSA) is 99.2 Å². The Balaban J connectivity index is 1.73. The molecule has 1 N–H and O–H groups in total. The van der Waals surface area contributed by atoms with Gasteiger partial charge in [-0.25, -0.2) is 19.8 Å². The Morgan fingerprint density at radius 2 is 1.84 bits per heavy atom. The van der Waals surface area contributed by atoms with Gasteiger partial charge in [-0.15, -0.1) is 0 Å². The number of aromatic nitrogens is 5. The highest BCUT2D eigenvalue weighted by atomic mass is 16.5. The van der Waals surface area contributed by atoms with E-state index in [1.165, 1.54) is 19.5 Å². The summed E-state index contributed by atoms with van der Waals surface area (Å²) in [6, 6.07) is 16.7. The van der Waals surface area contributed by atoms with E-state index >= 15 is 0 Å². The van der Waals surface area contributed by atoms with Crippen LogP contribution in [-0.2, 0) is 0 Å². The quantitative estimate of drug-likeness (QED) is 0.324. The zero-order valence-electron chi connectivity index (χ0n) is 20.5. The summed E-state index contributed by atoms with van der Waals surface area (Å²) in [7, 11) is 1.53. The molecule has 3 heterocycles. The molecule has 37 heavy (non-hydrogen) atoms. The second-order valence-corrected chi connectivity index (χ2v) is 8.39. The maximum Gasteiger partial charge on any atom is 0.263 e. The Morgan fingerprint density at radius 1 is 1.03 bits per heavy atom. The molecule has 9 nitrogen and oxygen atoms in total. The molecule has 2 aromatic carbocycles. The molecule has 0 unspecified atom stereocenters. The van der Waals surface area contributed by atoms with Crippen LogP contribution in [-0.4, -0.2) is 31.6 Å². The fraction of sp³-hybridized carbons (Fsp3) is 0.143. The average molecular weight is 490 g/mol. The van der Waals surface area contributed by atoms with Gasteiger partial charge in [0.1, 0.15) is 11.6 Å². The number of fused-ring (bicyclic) bond motifs is 1. The summed E-state index contributed by atoms with van der Waals surface area (Å²) in [5.41, 5.74) is 2.81. The van der Waals surface area contributed by atoms with Crippen molar-refractivity contribution in [2.45, 2.75) is 19.9 Å². The van der Waals surface area contributed by atoms with E-state index in [9.17, 15) is 4.79 Å². The van der Waals surface area contributed by atoms with Crippen LogP contribution in [0.5, 0.6) is 5.88 Å². The molecule has 0 fully saturated rings. The van der Waals surface area contributed by atoms with Crippen molar-refractivity contribution in [1.82, 2.24) is 24.5 Å². The molecule has 5 rings (SSSR count). The number of para-hydroxylation sites is 1. The molecular weight excluding hydrogens is 466 g/mol. The van der Waals surface area contributed by atoms with Crippen molar-refractivity contribution >= 4 is 22.3 Å². The van der Waals surface area contributed by atoms with Gasteiger partial charge in [0, 0.05) is 23.1 Å². The second-order valence-electron chi connectivity index (χ2n) is 8.39. The summed E-state index contributed by atoms with van der Waals surface area (Å²) < 4.78 is 6.82. The van der Waals surface area contributed by atoms with Crippen molar-refractivity contribution in [1.29, 1.82) is 0 Å². The van der Waals surface area contributed by atoms with E-state index in [0.29, 0.717) is 45.5 Å². The minimum absolute atomic E-state index is 0.190. The molecule has 0 radical (unpaired) electrons. The van der Waals surface area contributed by atoms with E-state index in [4.69, 9.17) is 11.3 Å².